The summed E-state index contributed by atoms with van der Waals surface area (Å²) in [5.74, 6) is -1.67. The molecule has 1 N–H and O–H groups in total. The zero-order valence-corrected chi connectivity index (χ0v) is 14.1. The van der Waals surface area contributed by atoms with Crippen molar-refractivity contribution in [3.05, 3.63) is 53.4 Å². The van der Waals surface area contributed by atoms with Crippen molar-refractivity contribution in [2.24, 2.45) is 0 Å². The fraction of sp³-hybridized carbons (Fsp3) is 0.0714. The van der Waals surface area contributed by atoms with Crippen molar-refractivity contribution < 1.29 is 26.1 Å². The van der Waals surface area contributed by atoms with Gasteiger partial charge in [0, 0.05) is 10.6 Å². The summed E-state index contributed by atoms with van der Waals surface area (Å²) in [7, 11) is -4.49. The van der Waals surface area contributed by atoms with Gasteiger partial charge in [0.1, 0.15) is 4.90 Å². The number of halogens is 4. The Morgan fingerprint density at radius 3 is 2.23 bits per heavy atom. The second-order valence-corrected chi connectivity index (χ2v) is 6.86. The van der Waals surface area contributed by atoms with Crippen LogP contribution in [0.4, 0.5) is 13.2 Å². The minimum absolute atomic E-state index is 0.120. The zero-order chi connectivity index (χ0) is 19.1. The minimum Gasteiger partial charge on any atom is -0.282 e. The standard InChI is InChI=1S/C14H8ClF3N4O3S/c15-9-3-1-8(2-4-9)12-20-13(14(16,17)18)21-22(12)11-6-5-10(7-19-11)26(23,24)25/h1-7H,(H,23,24,25). The lowest BCUT2D eigenvalue weighted by Gasteiger charge is -2.06. The first-order valence-electron chi connectivity index (χ1n) is 6.80. The molecule has 0 bridgehead atoms. The Labute approximate surface area is 149 Å². The van der Waals surface area contributed by atoms with E-state index in [9.17, 15) is 21.6 Å². The quantitative estimate of drug-likeness (QED) is 0.673. The predicted molar refractivity (Wildman–Crippen MR) is 84.4 cm³/mol. The number of benzene rings is 1. The molecule has 0 unspecified atom stereocenters. The topological polar surface area (TPSA) is 98.0 Å². The number of hydrogen-bond acceptors (Lipinski definition) is 5. The maximum atomic E-state index is 13.0. The van der Waals surface area contributed by atoms with E-state index < -0.39 is 27.0 Å². The van der Waals surface area contributed by atoms with Gasteiger partial charge in [0.25, 0.3) is 15.9 Å². The van der Waals surface area contributed by atoms with Crippen LogP contribution in [0.3, 0.4) is 0 Å². The van der Waals surface area contributed by atoms with Crippen LogP contribution < -0.4 is 0 Å². The molecular weight excluding hydrogens is 397 g/mol. The highest BCUT2D eigenvalue weighted by atomic mass is 35.5. The SMILES string of the molecule is O=S(=O)(O)c1ccc(-n2nc(C(F)(F)F)nc2-c2ccc(Cl)cc2)nc1. The molecule has 0 aliphatic heterocycles. The molecule has 0 radical (unpaired) electrons. The van der Waals surface area contributed by atoms with E-state index in [-0.39, 0.29) is 17.2 Å². The van der Waals surface area contributed by atoms with Crippen molar-refractivity contribution in [1.29, 1.82) is 0 Å². The van der Waals surface area contributed by atoms with E-state index in [1.54, 1.807) is 0 Å². The van der Waals surface area contributed by atoms with Gasteiger partial charge in [0.15, 0.2) is 11.6 Å². The van der Waals surface area contributed by atoms with Crippen LogP contribution >= 0.6 is 11.6 Å². The van der Waals surface area contributed by atoms with Crippen molar-refractivity contribution >= 4 is 21.7 Å². The normalized spacial score (nSPS) is 12.3. The summed E-state index contributed by atoms with van der Waals surface area (Å²) in [5.41, 5.74) is 0.290. The van der Waals surface area contributed by atoms with Crippen LogP contribution in [0.5, 0.6) is 0 Å². The lowest BCUT2D eigenvalue weighted by molar-refractivity contribution is -0.144. The van der Waals surface area contributed by atoms with Gasteiger partial charge in [-0.1, -0.05) is 11.6 Å². The van der Waals surface area contributed by atoms with Crippen LogP contribution in [0.1, 0.15) is 5.82 Å². The van der Waals surface area contributed by atoms with Crippen LogP contribution in [-0.4, -0.2) is 32.7 Å². The third-order valence-electron chi connectivity index (χ3n) is 3.20. The van der Waals surface area contributed by atoms with Crippen LogP contribution in [0, 0.1) is 0 Å². The predicted octanol–water partition coefficient (Wildman–Crippen LogP) is 3.25. The number of alkyl halides is 3. The van der Waals surface area contributed by atoms with Gasteiger partial charge in [-0.2, -0.15) is 26.3 Å². The molecule has 0 amide bonds. The first kappa shape index (κ1) is 18.3. The van der Waals surface area contributed by atoms with Gasteiger partial charge in [-0.3, -0.25) is 4.55 Å². The van der Waals surface area contributed by atoms with Crippen molar-refractivity contribution in [2.75, 3.05) is 0 Å². The van der Waals surface area contributed by atoms with E-state index in [0.717, 1.165) is 23.0 Å². The van der Waals surface area contributed by atoms with Crippen molar-refractivity contribution in [3.63, 3.8) is 0 Å². The van der Waals surface area contributed by atoms with Crippen LogP contribution in [0.15, 0.2) is 47.5 Å². The molecule has 0 saturated carbocycles. The van der Waals surface area contributed by atoms with E-state index >= 15 is 0 Å². The van der Waals surface area contributed by atoms with E-state index in [0.29, 0.717) is 5.02 Å². The number of hydrogen-bond donors (Lipinski definition) is 1. The van der Waals surface area contributed by atoms with Gasteiger partial charge in [-0.25, -0.2) is 9.97 Å². The second kappa shape index (κ2) is 6.34. The lowest BCUT2D eigenvalue weighted by atomic mass is 10.2. The Morgan fingerprint density at radius 1 is 1.08 bits per heavy atom. The summed E-state index contributed by atoms with van der Waals surface area (Å²) in [6.45, 7) is 0. The lowest BCUT2D eigenvalue weighted by Crippen LogP contribution is -2.09. The van der Waals surface area contributed by atoms with E-state index in [1.807, 2.05) is 0 Å². The number of rotatable bonds is 3. The zero-order valence-electron chi connectivity index (χ0n) is 12.5. The fourth-order valence-electron chi connectivity index (χ4n) is 2.03. The molecule has 12 heteroatoms. The van der Waals surface area contributed by atoms with Crippen LogP contribution in [0.2, 0.25) is 5.02 Å². The molecule has 0 atom stereocenters. The maximum Gasteiger partial charge on any atom is 0.453 e. The average Bonchev–Trinajstić information content (AvgIpc) is 3.00. The molecule has 26 heavy (non-hydrogen) atoms. The Kier molecular flexibility index (Phi) is 4.46. The molecule has 7 nitrogen and oxygen atoms in total. The Hall–Kier alpha value is -2.50. The first-order valence-corrected chi connectivity index (χ1v) is 8.61. The van der Waals surface area contributed by atoms with Crippen molar-refractivity contribution in [1.82, 2.24) is 19.7 Å². The molecule has 0 aliphatic carbocycles. The summed E-state index contributed by atoms with van der Waals surface area (Å²) in [5, 5.41) is 3.80. The molecule has 3 aromatic rings. The third kappa shape index (κ3) is 3.69. The Balaban J connectivity index is 2.16. The molecule has 3 rings (SSSR count). The Morgan fingerprint density at radius 2 is 1.73 bits per heavy atom. The average molecular weight is 405 g/mol. The first-order chi connectivity index (χ1) is 12.1. The smallest absolute Gasteiger partial charge is 0.282 e. The van der Waals surface area contributed by atoms with E-state index in [2.05, 4.69) is 15.1 Å². The molecule has 1 aromatic carbocycles. The van der Waals surface area contributed by atoms with Gasteiger partial charge in [-0.15, -0.1) is 5.10 Å². The molecule has 0 spiro atoms. The number of aromatic nitrogens is 4. The summed E-state index contributed by atoms with van der Waals surface area (Å²) in [6, 6.07) is 7.93. The Bertz CT molecular complexity index is 1050. The van der Waals surface area contributed by atoms with Crippen LogP contribution in [0.25, 0.3) is 17.2 Å². The van der Waals surface area contributed by atoms with Gasteiger partial charge < -0.3 is 0 Å². The van der Waals surface area contributed by atoms with Crippen LogP contribution in [-0.2, 0) is 16.3 Å². The van der Waals surface area contributed by atoms with Crippen molar-refractivity contribution in [2.45, 2.75) is 11.1 Å². The van der Waals surface area contributed by atoms with Gasteiger partial charge in [0.05, 0.1) is 6.20 Å². The molecule has 0 aliphatic rings. The number of pyridine rings is 1. The highest BCUT2D eigenvalue weighted by Gasteiger charge is 2.37. The maximum absolute atomic E-state index is 13.0. The molecule has 2 aromatic heterocycles. The highest BCUT2D eigenvalue weighted by molar-refractivity contribution is 7.85. The molecule has 2 heterocycles. The second-order valence-electron chi connectivity index (χ2n) is 5.00. The molecule has 0 saturated heterocycles. The van der Waals surface area contributed by atoms with E-state index in [4.69, 9.17) is 16.2 Å². The van der Waals surface area contributed by atoms with E-state index in [1.165, 1.54) is 24.3 Å². The summed E-state index contributed by atoms with van der Waals surface area (Å²) in [6.07, 6.45) is -3.99. The summed E-state index contributed by atoms with van der Waals surface area (Å²) in [4.78, 5) is 6.74. The van der Waals surface area contributed by atoms with Gasteiger partial charge in [-0.05, 0) is 36.4 Å². The summed E-state index contributed by atoms with van der Waals surface area (Å²) < 4.78 is 70.9. The van der Waals surface area contributed by atoms with Crippen molar-refractivity contribution in [3.8, 4) is 17.2 Å². The van der Waals surface area contributed by atoms with Gasteiger partial charge >= 0.3 is 6.18 Å². The minimum atomic E-state index is -4.79. The summed E-state index contributed by atoms with van der Waals surface area (Å²) >= 11 is 5.78. The van der Waals surface area contributed by atoms with Gasteiger partial charge in [0.2, 0.25) is 0 Å². The molecular formula is C14H8ClF3N4O3S. The monoisotopic (exact) mass is 404 g/mol. The molecule has 136 valence electrons. The largest absolute Gasteiger partial charge is 0.453 e. The highest BCUT2D eigenvalue weighted by Crippen LogP contribution is 2.30. The third-order valence-corrected chi connectivity index (χ3v) is 4.29. The molecule has 0 fully saturated rings. The number of nitrogens with zero attached hydrogens (tertiary/aromatic N) is 4. The fourth-order valence-corrected chi connectivity index (χ4v) is 2.58.